The smallest absolute Gasteiger partial charge is 0.267 e. The van der Waals surface area contributed by atoms with Crippen molar-refractivity contribution >= 4 is 21.6 Å². The van der Waals surface area contributed by atoms with Crippen molar-refractivity contribution in [3.63, 3.8) is 0 Å². The average Bonchev–Trinajstić information content (AvgIpc) is 2.59. The molecule has 0 saturated heterocycles. The van der Waals surface area contributed by atoms with E-state index in [1.807, 2.05) is 36.4 Å². The van der Waals surface area contributed by atoms with Crippen LogP contribution in [-0.2, 0) is 13.1 Å². The third-order valence-electron chi connectivity index (χ3n) is 3.67. The molecule has 0 aliphatic heterocycles. The van der Waals surface area contributed by atoms with E-state index in [0.717, 1.165) is 16.8 Å². The zero-order valence-electron chi connectivity index (χ0n) is 12.9. The number of pyridine rings is 1. The predicted molar refractivity (Wildman–Crippen MR) is 99.8 cm³/mol. The summed E-state index contributed by atoms with van der Waals surface area (Å²) in [5.41, 5.74) is 2.46. The maximum absolute atomic E-state index is 13.3. The highest BCUT2D eigenvalue weighted by Crippen LogP contribution is 2.19. The second kappa shape index (κ2) is 7.45. The average molecular weight is 389 g/mol. The molecule has 2 aromatic carbocycles. The highest BCUT2D eigenvalue weighted by molar-refractivity contribution is 9.10. The number of rotatable bonds is 5. The minimum Gasteiger partial charge on any atom is -0.380 e. The summed E-state index contributed by atoms with van der Waals surface area (Å²) < 4.78 is 15.3. The summed E-state index contributed by atoms with van der Waals surface area (Å²) >= 11 is 3.36. The number of benzene rings is 2. The predicted octanol–water partition coefficient (Wildman–Crippen LogP) is 4.66. The Morgan fingerprint density at radius 2 is 1.79 bits per heavy atom. The molecule has 0 amide bonds. The van der Waals surface area contributed by atoms with E-state index in [0.29, 0.717) is 17.6 Å². The quantitative estimate of drug-likeness (QED) is 0.689. The van der Waals surface area contributed by atoms with Gasteiger partial charge in [-0.3, -0.25) is 4.79 Å². The second-order valence-electron chi connectivity index (χ2n) is 5.45. The lowest BCUT2D eigenvalue weighted by molar-refractivity contribution is 0.622. The van der Waals surface area contributed by atoms with Crippen LogP contribution in [-0.4, -0.2) is 4.57 Å². The van der Waals surface area contributed by atoms with Gasteiger partial charge in [-0.25, -0.2) is 4.39 Å². The van der Waals surface area contributed by atoms with Crippen molar-refractivity contribution in [1.82, 2.24) is 4.57 Å². The van der Waals surface area contributed by atoms with Gasteiger partial charge in [0.05, 0.1) is 12.2 Å². The Kier molecular flexibility index (Phi) is 5.11. The summed E-state index contributed by atoms with van der Waals surface area (Å²) in [7, 11) is 0. The Morgan fingerprint density at radius 1 is 1.04 bits per heavy atom. The lowest BCUT2D eigenvalue weighted by Gasteiger charge is -2.12. The topological polar surface area (TPSA) is 34.0 Å². The molecule has 0 spiro atoms. The van der Waals surface area contributed by atoms with E-state index in [-0.39, 0.29) is 12.8 Å². The number of halogens is 2. The van der Waals surface area contributed by atoms with Crippen molar-refractivity contribution in [1.29, 1.82) is 0 Å². The van der Waals surface area contributed by atoms with Crippen LogP contribution in [0.2, 0.25) is 0 Å². The molecule has 0 aliphatic rings. The monoisotopic (exact) mass is 388 g/mol. The van der Waals surface area contributed by atoms with Gasteiger partial charge in [0.15, 0.2) is 0 Å². The van der Waals surface area contributed by atoms with Crippen LogP contribution in [0, 0.1) is 5.82 Å². The van der Waals surface area contributed by atoms with Gasteiger partial charge in [0.1, 0.15) is 10.3 Å². The zero-order chi connectivity index (χ0) is 16.9. The van der Waals surface area contributed by atoms with Gasteiger partial charge in [-0.1, -0.05) is 42.5 Å². The summed E-state index contributed by atoms with van der Waals surface area (Å²) in [5, 5.41) is 3.25. The van der Waals surface area contributed by atoms with Crippen LogP contribution in [0.5, 0.6) is 0 Å². The van der Waals surface area contributed by atoms with Crippen LogP contribution in [0.25, 0.3) is 0 Å². The third-order valence-corrected chi connectivity index (χ3v) is 4.44. The fourth-order valence-electron chi connectivity index (χ4n) is 2.43. The van der Waals surface area contributed by atoms with E-state index in [9.17, 15) is 9.18 Å². The molecule has 0 saturated carbocycles. The van der Waals surface area contributed by atoms with E-state index in [2.05, 4.69) is 21.2 Å². The number of aromatic nitrogens is 1. The van der Waals surface area contributed by atoms with Crippen LogP contribution in [0.1, 0.15) is 12.6 Å². The molecule has 3 nitrogen and oxygen atoms in total. The lowest BCUT2D eigenvalue weighted by Crippen LogP contribution is -2.22. The molecule has 124 valence electrons. The number of anilines is 1. The van der Waals surface area contributed by atoms with Gasteiger partial charge in [-0.2, -0.15) is 0 Å². The number of nitrogens with one attached hydrogen (secondary N) is 1. The summed E-state index contributed by atoms with van der Waals surface area (Å²) in [6.45, 7) is 0.959. The molecule has 1 aromatic heterocycles. The summed E-state index contributed by atoms with van der Waals surface area (Å²) in [5.74, 6) is -0.305. The second-order valence-corrected chi connectivity index (χ2v) is 6.24. The zero-order valence-corrected chi connectivity index (χ0v) is 14.5. The third kappa shape index (κ3) is 3.92. The molecular weight excluding hydrogens is 371 g/mol. The molecule has 24 heavy (non-hydrogen) atoms. The van der Waals surface area contributed by atoms with Gasteiger partial charge >= 0.3 is 0 Å². The van der Waals surface area contributed by atoms with Crippen LogP contribution >= 0.6 is 15.9 Å². The van der Waals surface area contributed by atoms with Gasteiger partial charge in [-0.15, -0.1) is 0 Å². The van der Waals surface area contributed by atoms with Crippen LogP contribution in [0.3, 0.4) is 0 Å². The van der Waals surface area contributed by atoms with Crippen LogP contribution in [0.15, 0.2) is 76.1 Å². The number of hydrogen-bond acceptors (Lipinski definition) is 2. The molecule has 0 fully saturated rings. The van der Waals surface area contributed by atoms with Gasteiger partial charge in [0, 0.05) is 14.2 Å². The van der Waals surface area contributed by atoms with E-state index in [4.69, 9.17) is 0 Å². The van der Waals surface area contributed by atoms with E-state index in [1.54, 1.807) is 22.9 Å². The normalized spacial score (nSPS) is 10.6. The highest BCUT2D eigenvalue weighted by Gasteiger charge is 2.08. The maximum Gasteiger partial charge on any atom is 0.267 e. The summed E-state index contributed by atoms with van der Waals surface area (Å²) in [6.07, 6.45) is 1.71. The first-order valence-corrected chi connectivity index (χ1v) is 8.34. The molecule has 0 atom stereocenters. The van der Waals surface area contributed by atoms with Gasteiger partial charge in [0.25, 0.3) is 5.56 Å². The molecular formula is C19H18BrFN2O. The van der Waals surface area contributed by atoms with Gasteiger partial charge in [0.2, 0.25) is 0 Å². The molecule has 1 heterocycles. The minimum atomic E-state index is -0.305. The molecule has 0 unspecified atom stereocenters. The number of nitrogens with zero attached hydrogens (tertiary/aromatic N) is 1. The largest absolute Gasteiger partial charge is 0.380 e. The fraction of sp³-hybridized carbons (Fsp3) is 0.105. The molecule has 3 rings (SSSR count). The van der Waals surface area contributed by atoms with Crippen molar-refractivity contribution in [2.24, 2.45) is 0 Å². The minimum absolute atomic E-state index is 0. The number of hydrogen-bond donors (Lipinski definition) is 1. The van der Waals surface area contributed by atoms with Gasteiger partial charge in [-0.05, 0) is 45.3 Å². The Hall–Kier alpha value is -2.40. The molecule has 3 aromatic rings. The molecule has 0 radical (unpaired) electrons. The van der Waals surface area contributed by atoms with Crippen molar-refractivity contribution in [2.75, 3.05) is 5.32 Å². The van der Waals surface area contributed by atoms with Gasteiger partial charge < -0.3 is 9.88 Å². The lowest BCUT2D eigenvalue weighted by atomic mass is 10.2. The van der Waals surface area contributed by atoms with E-state index < -0.39 is 0 Å². The van der Waals surface area contributed by atoms with E-state index in [1.165, 1.54) is 12.1 Å². The first-order valence-electron chi connectivity index (χ1n) is 7.54. The summed E-state index contributed by atoms with van der Waals surface area (Å²) in [4.78, 5) is 12.5. The van der Waals surface area contributed by atoms with Crippen molar-refractivity contribution in [2.45, 2.75) is 13.1 Å². The Labute approximate surface area is 149 Å². The standard InChI is InChI=1S/C19H16BrFN2O.H2/c20-18-17(22-12-14-5-2-1-3-6-14)9-10-23(19(18)24)13-15-7-4-8-16(21)11-15;/h1-11,22H,12-13H2;1H. The Morgan fingerprint density at radius 3 is 2.54 bits per heavy atom. The SMILES string of the molecule is O=c1c(Br)c(NCc2ccccc2)ccn1Cc1cccc(F)c1.[HH]. The van der Waals surface area contributed by atoms with Crippen LogP contribution < -0.4 is 10.9 Å². The molecule has 0 aliphatic carbocycles. The maximum atomic E-state index is 13.3. The van der Waals surface area contributed by atoms with E-state index >= 15 is 0 Å². The Balaban J connectivity index is 0.00000225. The van der Waals surface area contributed by atoms with Crippen molar-refractivity contribution in [3.05, 3.63) is 98.6 Å². The van der Waals surface area contributed by atoms with Crippen LogP contribution in [0.4, 0.5) is 10.1 Å². The van der Waals surface area contributed by atoms with Crippen molar-refractivity contribution in [3.8, 4) is 0 Å². The highest BCUT2D eigenvalue weighted by atomic mass is 79.9. The Bertz CT molecular complexity index is 899. The molecule has 0 bridgehead atoms. The summed E-state index contributed by atoms with van der Waals surface area (Å²) in [6, 6.07) is 18.1. The molecule has 5 heteroatoms. The van der Waals surface area contributed by atoms with Crippen molar-refractivity contribution < 1.29 is 5.82 Å². The molecule has 1 N–H and O–H groups in total. The first-order chi connectivity index (χ1) is 11.6. The first kappa shape index (κ1) is 16.5. The fourth-order valence-corrected chi connectivity index (χ4v) is 2.93.